The summed E-state index contributed by atoms with van der Waals surface area (Å²) in [4.78, 5) is 33.8. The van der Waals surface area contributed by atoms with Gasteiger partial charge in [-0.25, -0.2) is 0 Å². The maximum absolute atomic E-state index is 15.8. The van der Waals surface area contributed by atoms with Gasteiger partial charge in [-0.3, -0.25) is 9.59 Å². The Bertz CT molecular complexity index is 1750. The van der Waals surface area contributed by atoms with Gasteiger partial charge in [0.1, 0.15) is 5.75 Å². The Morgan fingerprint density at radius 2 is 1.93 bits per heavy atom. The standard InChI is InChI=1S/C35H37ClF2N4O3/c1-7-23-11-12-30(41(6)19-23)28-16-25(29(8-2)40-33(28)43)20-42-13-9-10-22(5)31(35(37,38)21(3)4)32(34(42)44)45-27-15-24(18-39)14-26(36)17-27/h9,11-17,22H,3,7-8,10,19-20H2,1-2,4-6H3,(H,40,43). The number of aromatic nitrogens is 1. The highest BCUT2D eigenvalue weighted by Crippen LogP contribution is 2.41. The Morgan fingerprint density at radius 1 is 1.20 bits per heavy atom. The molecule has 0 radical (unpaired) electrons. The Hall–Kier alpha value is -4.42. The first-order valence-electron chi connectivity index (χ1n) is 14.8. The summed E-state index contributed by atoms with van der Waals surface area (Å²) in [6, 6.07) is 7.82. The molecule has 0 spiro atoms. The molecule has 0 saturated heterocycles. The first-order valence-corrected chi connectivity index (χ1v) is 15.2. The van der Waals surface area contributed by atoms with E-state index in [-0.39, 0.29) is 34.9 Å². The molecule has 0 aliphatic carbocycles. The number of carbonyl (C=O) groups is 1. The third-order valence-electron chi connectivity index (χ3n) is 8.03. The fraction of sp³-hybridized carbons (Fsp3) is 0.343. The van der Waals surface area contributed by atoms with Crippen LogP contribution < -0.4 is 10.3 Å². The zero-order valence-corrected chi connectivity index (χ0v) is 26.9. The number of benzene rings is 1. The molecule has 1 atom stereocenters. The van der Waals surface area contributed by atoms with Gasteiger partial charge in [0, 0.05) is 36.2 Å². The van der Waals surface area contributed by atoms with Gasteiger partial charge in [0.05, 0.1) is 29.3 Å². The Morgan fingerprint density at radius 3 is 2.56 bits per heavy atom. The van der Waals surface area contributed by atoms with E-state index in [1.807, 2.05) is 37.1 Å². The molecule has 1 N–H and O–H groups in total. The number of pyridine rings is 1. The summed E-state index contributed by atoms with van der Waals surface area (Å²) in [5.74, 6) is -5.77. The molecular formula is C35H37ClF2N4O3. The maximum Gasteiger partial charge on any atom is 0.294 e. The third-order valence-corrected chi connectivity index (χ3v) is 8.25. The topological polar surface area (TPSA) is 89.4 Å². The average molecular weight is 635 g/mol. The minimum absolute atomic E-state index is 0.0263. The molecular weight excluding hydrogens is 598 g/mol. The van der Waals surface area contributed by atoms with E-state index in [0.717, 1.165) is 12.1 Å². The number of hydrogen-bond acceptors (Lipinski definition) is 5. The van der Waals surface area contributed by atoms with Crippen LogP contribution in [-0.4, -0.2) is 40.2 Å². The van der Waals surface area contributed by atoms with Crippen molar-refractivity contribution in [2.24, 2.45) is 5.92 Å². The Kier molecular flexibility index (Phi) is 10.2. The zero-order valence-electron chi connectivity index (χ0n) is 26.1. The number of aryl methyl sites for hydroxylation is 1. The maximum atomic E-state index is 15.8. The molecule has 0 bridgehead atoms. The first kappa shape index (κ1) is 33.5. The number of aromatic amines is 1. The molecule has 1 amide bonds. The molecule has 7 nitrogen and oxygen atoms in total. The van der Waals surface area contributed by atoms with E-state index in [9.17, 15) is 14.9 Å². The fourth-order valence-corrected chi connectivity index (χ4v) is 5.71. The number of halogens is 3. The lowest BCUT2D eigenvalue weighted by Crippen LogP contribution is -2.37. The zero-order chi connectivity index (χ0) is 33.1. The van der Waals surface area contributed by atoms with Gasteiger partial charge in [0.2, 0.25) is 0 Å². The van der Waals surface area contributed by atoms with Crippen LogP contribution in [0, 0.1) is 17.2 Å². The van der Waals surface area contributed by atoms with E-state index in [1.54, 1.807) is 25.3 Å². The third kappa shape index (κ3) is 7.12. The molecule has 45 heavy (non-hydrogen) atoms. The van der Waals surface area contributed by atoms with Gasteiger partial charge < -0.3 is 19.5 Å². The number of nitrogens with one attached hydrogen (secondary N) is 1. The lowest BCUT2D eigenvalue weighted by molar-refractivity contribution is -0.128. The number of alkyl halides is 2. The van der Waals surface area contributed by atoms with Crippen molar-refractivity contribution in [2.75, 3.05) is 13.6 Å². The number of nitriles is 1. The molecule has 2 aliphatic heterocycles. The van der Waals surface area contributed by atoms with E-state index in [0.29, 0.717) is 29.8 Å². The van der Waals surface area contributed by atoms with Gasteiger partial charge in [-0.15, -0.1) is 0 Å². The SMILES string of the molecule is C=C(C)C(F)(F)C1=C(Oc2cc(Cl)cc(C#N)c2)C(=O)N(Cc2cc(C3=CC=C(CC)CN3C)c(=O)[nH]c2CC)C=CCC1C. The second kappa shape index (κ2) is 13.7. The molecule has 0 fully saturated rings. The Balaban J connectivity index is 1.85. The van der Waals surface area contributed by atoms with Gasteiger partial charge >= 0.3 is 0 Å². The number of H-pyrrole nitrogens is 1. The van der Waals surface area contributed by atoms with Crippen molar-refractivity contribution in [3.63, 3.8) is 0 Å². The summed E-state index contributed by atoms with van der Waals surface area (Å²) in [7, 11) is 1.92. The van der Waals surface area contributed by atoms with Gasteiger partial charge in [0.25, 0.3) is 17.4 Å². The highest BCUT2D eigenvalue weighted by Gasteiger charge is 2.44. The van der Waals surface area contributed by atoms with Gasteiger partial charge in [-0.2, -0.15) is 14.0 Å². The summed E-state index contributed by atoms with van der Waals surface area (Å²) in [6.45, 7) is 10.9. The fourth-order valence-electron chi connectivity index (χ4n) is 5.49. The molecule has 236 valence electrons. The average Bonchev–Trinajstić information content (AvgIpc) is 2.99. The molecule has 0 saturated carbocycles. The first-order chi connectivity index (χ1) is 21.3. The van der Waals surface area contributed by atoms with E-state index in [1.165, 1.54) is 35.6 Å². The van der Waals surface area contributed by atoms with Crippen molar-refractivity contribution in [1.82, 2.24) is 14.8 Å². The molecule has 2 aromatic rings. The molecule has 2 aliphatic rings. The lowest BCUT2D eigenvalue weighted by atomic mass is 9.87. The summed E-state index contributed by atoms with van der Waals surface area (Å²) >= 11 is 6.18. The van der Waals surface area contributed by atoms with Crippen molar-refractivity contribution in [3.05, 3.63) is 116 Å². The normalized spacial score (nSPS) is 17.4. The summed E-state index contributed by atoms with van der Waals surface area (Å²) in [5.41, 5.74) is 2.62. The van der Waals surface area contributed by atoms with Gasteiger partial charge in [0.15, 0.2) is 5.76 Å². The van der Waals surface area contributed by atoms with Crippen molar-refractivity contribution in [3.8, 4) is 11.8 Å². The van der Waals surface area contributed by atoms with Crippen molar-refractivity contribution in [1.29, 1.82) is 5.26 Å². The van der Waals surface area contributed by atoms with Gasteiger partial charge in [-0.1, -0.05) is 56.7 Å². The van der Waals surface area contributed by atoms with Crippen molar-refractivity contribution < 1.29 is 18.3 Å². The number of likely N-dealkylation sites (N-methyl/N-ethyl adjacent to an activating group) is 1. The lowest BCUT2D eigenvalue weighted by Gasteiger charge is -2.31. The van der Waals surface area contributed by atoms with Crippen LogP contribution in [0.25, 0.3) is 5.70 Å². The summed E-state index contributed by atoms with van der Waals surface area (Å²) in [5, 5.41) is 9.58. The smallest absolute Gasteiger partial charge is 0.294 e. The van der Waals surface area contributed by atoms with E-state index >= 15 is 8.78 Å². The molecule has 10 heteroatoms. The van der Waals surface area contributed by atoms with Crippen LogP contribution in [-0.2, 0) is 17.8 Å². The largest absolute Gasteiger partial charge is 0.451 e. The quantitative estimate of drug-likeness (QED) is 0.288. The number of allylic oxidation sites excluding steroid dienone is 5. The predicted molar refractivity (Wildman–Crippen MR) is 172 cm³/mol. The monoisotopic (exact) mass is 634 g/mol. The Labute approximate surface area is 267 Å². The highest BCUT2D eigenvalue weighted by atomic mass is 35.5. The van der Waals surface area contributed by atoms with Crippen LogP contribution in [0.3, 0.4) is 0 Å². The predicted octanol–water partition coefficient (Wildman–Crippen LogP) is 7.51. The highest BCUT2D eigenvalue weighted by molar-refractivity contribution is 6.30. The van der Waals surface area contributed by atoms with Crippen LogP contribution in [0.15, 0.2) is 82.5 Å². The number of amides is 1. The van der Waals surface area contributed by atoms with Crippen LogP contribution >= 0.6 is 11.6 Å². The van der Waals surface area contributed by atoms with E-state index < -0.39 is 34.7 Å². The van der Waals surface area contributed by atoms with Crippen molar-refractivity contribution in [2.45, 2.75) is 59.4 Å². The molecule has 1 unspecified atom stereocenters. The number of nitrogens with zero attached hydrogens (tertiary/aromatic N) is 3. The van der Waals surface area contributed by atoms with E-state index in [4.69, 9.17) is 16.3 Å². The van der Waals surface area contributed by atoms with Crippen LogP contribution in [0.2, 0.25) is 5.02 Å². The van der Waals surface area contributed by atoms with E-state index in [2.05, 4.69) is 18.5 Å². The number of ether oxygens (including phenoxy) is 1. The summed E-state index contributed by atoms with van der Waals surface area (Å²) < 4.78 is 37.7. The molecule has 1 aromatic heterocycles. The second-order valence-electron chi connectivity index (χ2n) is 11.4. The van der Waals surface area contributed by atoms with Crippen LogP contribution in [0.5, 0.6) is 5.75 Å². The minimum atomic E-state index is -3.57. The molecule has 1 aromatic carbocycles. The summed E-state index contributed by atoms with van der Waals surface area (Å²) in [6.07, 6.45) is 8.71. The second-order valence-corrected chi connectivity index (χ2v) is 11.8. The van der Waals surface area contributed by atoms with Gasteiger partial charge in [-0.05, 0) is 73.6 Å². The van der Waals surface area contributed by atoms with Crippen LogP contribution in [0.1, 0.15) is 62.9 Å². The van der Waals surface area contributed by atoms with Crippen LogP contribution in [0.4, 0.5) is 8.78 Å². The van der Waals surface area contributed by atoms with Crippen molar-refractivity contribution >= 4 is 23.2 Å². The number of rotatable bonds is 9. The number of carbonyl (C=O) groups excluding carboxylic acids is 1. The molecule has 3 heterocycles. The molecule has 4 rings (SSSR count). The number of hydrogen-bond donors (Lipinski definition) is 1. The minimum Gasteiger partial charge on any atom is -0.451 e.